The van der Waals surface area contributed by atoms with E-state index in [2.05, 4.69) is 15.9 Å². The smallest absolute Gasteiger partial charge is 0.224 e. The molecule has 0 saturated carbocycles. The van der Waals surface area contributed by atoms with E-state index < -0.39 is 26.5 Å². The normalized spacial score (nSPS) is 14.2. The van der Waals surface area contributed by atoms with Crippen molar-refractivity contribution in [2.45, 2.75) is 30.8 Å². The van der Waals surface area contributed by atoms with Crippen molar-refractivity contribution in [3.05, 3.63) is 29.8 Å². The van der Waals surface area contributed by atoms with Gasteiger partial charge >= 0.3 is 6.18 Å². The average molecular weight is 373 g/mol. The first-order chi connectivity index (χ1) is 9.22. The van der Waals surface area contributed by atoms with Gasteiger partial charge in [0.2, 0.25) is 0 Å². The Hall–Kier alpha value is -0.560. The maximum atomic E-state index is 12.9. The zero-order valence-electron chi connectivity index (χ0n) is 11.0. The Labute approximate surface area is 125 Å². The Morgan fingerprint density at radius 1 is 1.25 bits per heavy atom. The molecule has 0 aliphatic carbocycles. The summed E-state index contributed by atoms with van der Waals surface area (Å²) in [6.45, 7) is 1.91. The minimum atomic E-state index is -4.67. The molecule has 1 unspecified atom stereocenters. The maximum Gasteiger partial charge on any atom is 0.417 e. The molecule has 0 bridgehead atoms. The van der Waals surface area contributed by atoms with E-state index in [1.54, 1.807) is 0 Å². The minimum Gasteiger partial charge on any atom is -0.224 e. The van der Waals surface area contributed by atoms with Crippen molar-refractivity contribution in [2.75, 3.05) is 11.1 Å². The molecule has 0 saturated heterocycles. The molecular formula is C13H16BrF3O2S. The van der Waals surface area contributed by atoms with Gasteiger partial charge in [0.25, 0.3) is 0 Å². The number of halogens is 4. The van der Waals surface area contributed by atoms with Crippen molar-refractivity contribution in [3.63, 3.8) is 0 Å². The lowest BCUT2D eigenvalue weighted by Gasteiger charge is -2.16. The molecule has 7 heteroatoms. The molecule has 1 rings (SSSR count). The molecule has 1 atom stereocenters. The van der Waals surface area contributed by atoms with Crippen LogP contribution in [0.15, 0.2) is 29.2 Å². The number of benzene rings is 1. The van der Waals surface area contributed by atoms with Crippen LogP contribution in [0.4, 0.5) is 13.2 Å². The van der Waals surface area contributed by atoms with E-state index in [0.717, 1.165) is 18.6 Å². The second kappa shape index (κ2) is 6.93. The largest absolute Gasteiger partial charge is 0.417 e. The van der Waals surface area contributed by atoms with E-state index in [1.807, 2.05) is 6.92 Å². The van der Waals surface area contributed by atoms with E-state index in [1.165, 1.54) is 12.1 Å². The third kappa shape index (κ3) is 4.48. The Morgan fingerprint density at radius 3 is 2.35 bits per heavy atom. The van der Waals surface area contributed by atoms with Gasteiger partial charge in [-0.1, -0.05) is 41.4 Å². The van der Waals surface area contributed by atoms with E-state index in [4.69, 9.17) is 0 Å². The summed E-state index contributed by atoms with van der Waals surface area (Å²) >= 11 is 3.21. The summed E-state index contributed by atoms with van der Waals surface area (Å²) in [7, 11) is -3.96. The van der Waals surface area contributed by atoms with Crippen molar-refractivity contribution >= 4 is 25.8 Å². The van der Waals surface area contributed by atoms with Gasteiger partial charge in [-0.15, -0.1) is 0 Å². The highest BCUT2D eigenvalue weighted by molar-refractivity contribution is 9.09. The first-order valence-electron chi connectivity index (χ1n) is 6.17. The summed E-state index contributed by atoms with van der Waals surface area (Å²) in [5.41, 5.74) is -1.09. The van der Waals surface area contributed by atoms with Crippen LogP contribution in [0.2, 0.25) is 0 Å². The van der Waals surface area contributed by atoms with Crippen molar-refractivity contribution in [1.82, 2.24) is 0 Å². The quantitative estimate of drug-likeness (QED) is 0.698. The second-order valence-corrected chi connectivity index (χ2v) is 7.23. The predicted octanol–water partition coefficient (Wildman–Crippen LogP) is 4.29. The molecular weight excluding hydrogens is 357 g/mol. The number of hydrogen-bond acceptors (Lipinski definition) is 2. The van der Waals surface area contributed by atoms with Gasteiger partial charge in [-0.25, -0.2) is 8.42 Å². The molecule has 0 aromatic heterocycles. The van der Waals surface area contributed by atoms with Crippen LogP contribution in [0.1, 0.15) is 25.3 Å². The average Bonchev–Trinajstić information content (AvgIpc) is 2.37. The molecule has 0 heterocycles. The van der Waals surface area contributed by atoms with Crippen LogP contribution in [-0.4, -0.2) is 19.5 Å². The number of alkyl halides is 4. The molecule has 0 aliphatic rings. The number of rotatable bonds is 6. The van der Waals surface area contributed by atoms with Gasteiger partial charge in [-0.3, -0.25) is 0 Å². The molecule has 0 fully saturated rings. The fourth-order valence-corrected chi connectivity index (χ4v) is 4.73. The minimum absolute atomic E-state index is 0.189. The fraction of sp³-hybridized carbons (Fsp3) is 0.538. The van der Waals surface area contributed by atoms with E-state index in [0.29, 0.717) is 11.8 Å². The molecule has 0 spiro atoms. The van der Waals surface area contributed by atoms with Gasteiger partial charge in [0, 0.05) is 5.33 Å². The third-order valence-corrected chi connectivity index (χ3v) is 5.75. The molecule has 0 aliphatic heterocycles. The predicted molar refractivity (Wildman–Crippen MR) is 75.7 cm³/mol. The van der Waals surface area contributed by atoms with Crippen molar-refractivity contribution in [2.24, 2.45) is 5.92 Å². The SMILES string of the molecule is CCCC(CBr)CS(=O)(=O)c1ccccc1C(F)(F)F. The van der Waals surface area contributed by atoms with Crippen LogP contribution in [0, 0.1) is 5.92 Å². The van der Waals surface area contributed by atoms with Gasteiger partial charge in [-0.05, 0) is 24.5 Å². The first kappa shape index (κ1) is 17.5. The van der Waals surface area contributed by atoms with Crippen LogP contribution in [-0.2, 0) is 16.0 Å². The molecule has 0 N–H and O–H groups in total. The Balaban J connectivity index is 3.16. The molecule has 20 heavy (non-hydrogen) atoms. The van der Waals surface area contributed by atoms with Crippen LogP contribution >= 0.6 is 15.9 Å². The molecule has 114 valence electrons. The molecule has 1 aromatic carbocycles. The van der Waals surface area contributed by atoms with E-state index in [9.17, 15) is 21.6 Å². The highest BCUT2D eigenvalue weighted by atomic mass is 79.9. The van der Waals surface area contributed by atoms with Crippen LogP contribution < -0.4 is 0 Å². The van der Waals surface area contributed by atoms with Crippen LogP contribution in [0.25, 0.3) is 0 Å². The molecule has 1 aromatic rings. The molecule has 0 radical (unpaired) electrons. The van der Waals surface area contributed by atoms with Gasteiger partial charge in [0.1, 0.15) is 0 Å². The van der Waals surface area contributed by atoms with E-state index >= 15 is 0 Å². The monoisotopic (exact) mass is 372 g/mol. The summed E-state index contributed by atoms with van der Waals surface area (Å²) in [4.78, 5) is -0.630. The van der Waals surface area contributed by atoms with Gasteiger partial charge in [-0.2, -0.15) is 13.2 Å². The summed E-state index contributed by atoms with van der Waals surface area (Å²) in [5, 5.41) is 0.453. The van der Waals surface area contributed by atoms with Gasteiger partial charge < -0.3 is 0 Å². The van der Waals surface area contributed by atoms with E-state index in [-0.39, 0.29) is 11.7 Å². The highest BCUT2D eigenvalue weighted by Gasteiger charge is 2.37. The lowest BCUT2D eigenvalue weighted by molar-refractivity contribution is -0.139. The summed E-state index contributed by atoms with van der Waals surface area (Å²) in [6, 6.07) is 4.33. The second-order valence-electron chi connectivity index (χ2n) is 4.58. The first-order valence-corrected chi connectivity index (χ1v) is 8.94. The lowest BCUT2D eigenvalue weighted by atomic mass is 10.1. The van der Waals surface area contributed by atoms with Crippen molar-refractivity contribution < 1.29 is 21.6 Å². The Bertz CT molecular complexity index is 541. The fourth-order valence-electron chi connectivity index (χ4n) is 1.99. The van der Waals surface area contributed by atoms with Crippen molar-refractivity contribution in [1.29, 1.82) is 0 Å². The van der Waals surface area contributed by atoms with Crippen LogP contribution in [0.5, 0.6) is 0 Å². The summed E-state index contributed by atoms with van der Waals surface area (Å²) in [5.74, 6) is -0.467. The molecule has 2 nitrogen and oxygen atoms in total. The topological polar surface area (TPSA) is 34.1 Å². The van der Waals surface area contributed by atoms with Gasteiger partial charge in [0.05, 0.1) is 16.2 Å². The molecule has 0 amide bonds. The third-order valence-electron chi connectivity index (χ3n) is 2.90. The van der Waals surface area contributed by atoms with Crippen molar-refractivity contribution in [3.8, 4) is 0 Å². The Morgan fingerprint density at radius 2 is 1.85 bits per heavy atom. The highest BCUT2D eigenvalue weighted by Crippen LogP contribution is 2.35. The maximum absolute atomic E-state index is 12.9. The van der Waals surface area contributed by atoms with Gasteiger partial charge in [0.15, 0.2) is 9.84 Å². The number of hydrogen-bond donors (Lipinski definition) is 0. The summed E-state index contributed by atoms with van der Waals surface area (Å²) in [6.07, 6.45) is -3.23. The standard InChI is InChI=1S/C13H16BrF3O2S/c1-2-5-10(8-14)9-20(18,19)12-7-4-3-6-11(12)13(15,16)17/h3-4,6-7,10H,2,5,8-9H2,1H3. The zero-order valence-corrected chi connectivity index (χ0v) is 13.4. The number of sulfone groups is 1. The zero-order chi connectivity index (χ0) is 15.4. The lowest BCUT2D eigenvalue weighted by Crippen LogP contribution is -2.21. The Kier molecular flexibility index (Phi) is 6.06. The summed E-state index contributed by atoms with van der Waals surface area (Å²) < 4.78 is 63.1. The van der Waals surface area contributed by atoms with Crippen LogP contribution in [0.3, 0.4) is 0 Å².